The summed E-state index contributed by atoms with van der Waals surface area (Å²) in [5.41, 5.74) is 2.53. The van der Waals surface area contributed by atoms with Crippen molar-refractivity contribution in [2.75, 3.05) is 32.4 Å². The van der Waals surface area contributed by atoms with Gasteiger partial charge < -0.3 is 4.74 Å². The first-order valence-electron chi connectivity index (χ1n) is 10.9. The summed E-state index contributed by atoms with van der Waals surface area (Å²) in [6.45, 7) is 9.89. The maximum Gasteiger partial charge on any atom is 0.223 e. The molecular weight excluding hydrogens is 544 g/mol. The van der Waals surface area contributed by atoms with E-state index in [2.05, 4.69) is 56.9 Å². The molecule has 0 radical (unpaired) electrons. The maximum absolute atomic E-state index is 11.8. The molecule has 12 heteroatoms. The van der Waals surface area contributed by atoms with Gasteiger partial charge in [0.25, 0.3) is 0 Å². The van der Waals surface area contributed by atoms with Gasteiger partial charge in [-0.2, -0.15) is 4.31 Å². The van der Waals surface area contributed by atoms with Crippen molar-refractivity contribution in [2.45, 2.75) is 33.9 Å². The van der Waals surface area contributed by atoms with Gasteiger partial charge in [0.05, 0.1) is 21.3 Å². The molecule has 4 rings (SSSR count). The lowest BCUT2D eigenvalue weighted by atomic mass is 9.97. The Labute approximate surface area is 213 Å². The van der Waals surface area contributed by atoms with E-state index in [1.807, 2.05) is 22.9 Å². The van der Waals surface area contributed by atoms with Crippen LogP contribution in [0.2, 0.25) is 5.02 Å². The number of benzene rings is 1. The zero-order chi connectivity index (χ0) is 24.7. The molecule has 0 spiro atoms. The van der Waals surface area contributed by atoms with Gasteiger partial charge in [0.1, 0.15) is 11.3 Å². The van der Waals surface area contributed by atoms with Gasteiger partial charge in [-0.25, -0.2) is 18.1 Å². The van der Waals surface area contributed by atoms with E-state index in [1.165, 1.54) is 10.6 Å². The fourth-order valence-electron chi connectivity index (χ4n) is 3.87. The van der Waals surface area contributed by atoms with Crippen LogP contribution < -0.4 is 4.74 Å². The van der Waals surface area contributed by atoms with Crippen LogP contribution in [-0.2, 0) is 23.1 Å². The van der Waals surface area contributed by atoms with Crippen LogP contribution in [0.25, 0.3) is 11.0 Å². The van der Waals surface area contributed by atoms with Crippen LogP contribution in [0.1, 0.15) is 26.3 Å². The van der Waals surface area contributed by atoms with Gasteiger partial charge in [0.15, 0.2) is 0 Å². The normalized spacial score (nSPS) is 16.3. The van der Waals surface area contributed by atoms with Crippen molar-refractivity contribution < 1.29 is 13.2 Å². The lowest BCUT2D eigenvalue weighted by Gasteiger charge is -2.33. The summed E-state index contributed by atoms with van der Waals surface area (Å²) in [4.78, 5) is 6.58. The summed E-state index contributed by atoms with van der Waals surface area (Å²) in [6.07, 6.45) is 2.79. The molecule has 0 amide bonds. The van der Waals surface area contributed by atoms with Crippen LogP contribution in [0.3, 0.4) is 0 Å². The Morgan fingerprint density at radius 2 is 1.88 bits per heavy atom. The Kier molecular flexibility index (Phi) is 7.21. The summed E-state index contributed by atoms with van der Waals surface area (Å²) in [7, 11) is -3.18. The minimum absolute atomic E-state index is 0.0667. The number of aromatic nitrogens is 4. The van der Waals surface area contributed by atoms with Crippen LogP contribution in [0.4, 0.5) is 0 Å². The fraction of sp³-hybridized carbons (Fsp3) is 0.500. The van der Waals surface area contributed by atoms with E-state index in [1.54, 1.807) is 6.20 Å². The van der Waals surface area contributed by atoms with Crippen molar-refractivity contribution >= 4 is 48.6 Å². The van der Waals surface area contributed by atoms with E-state index in [0.717, 1.165) is 17.6 Å². The monoisotopic (exact) mass is 570 g/mol. The molecule has 184 valence electrons. The van der Waals surface area contributed by atoms with Crippen LogP contribution in [0.5, 0.6) is 11.6 Å². The largest absolute Gasteiger partial charge is 0.437 e. The minimum atomic E-state index is -3.18. The molecule has 0 N–H and O–H groups in total. The third-order valence-corrected chi connectivity index (χ3v) is 7.78. The molecule has 2 aromatic heterocycles. The predicted molar refractivity (Wildman–Crippen MR) is 136 cm³/mol. The van der Waals surface area contributed by atoms with Gasteiger partial charge in [-0.15, -0.1) is 5.10 Å². The number of ether oxygens (including phenoxy) is 1. The standard InChI is InChI=1S/C22H28BrClN6O3S/c1-22(2,3)14-30-17-5-6-18(19(23)20(17)26-27-30)33-21-15(11-16(24)12-25-21)13-28-7-9-29(10-8-28)34(4,31)32/h5-6,11-12H,7-10,13-14H2,1-4H3. The Morgan fingerprint density at radius 1 is 1.18 bits per heavy atom. The molecule has 1 aromatic carbocycles. The second-order valence-corrected chi connectivity index (χ2v) is 12.9. The molecule has 0 aliphatic carbocycles. The Hall–Kier alpha value is -1.79. The summed E-state index contributed by atoms with van der Waals surface area (Å²) >= 11 is 9.86. The van der Waals surface area contributed by atoms with Gasteiger partial charge in [0.2, 0.25) is 15.9 Å². The molecule has 0 atom stereocenters. The first-order chi connectivity index (χ1) is 15.9. The van der Waals surface area contributed by atoms with Crippen molar-refractivity contribution in [1.29, 1.82) is 0 Å². The number of piperazine rings is 1. The first-order valence-corrected chi connectivity index (χ1v) is 13.9. The molecule has 3 aromatic rings. The number of hydrogen-bond donors (Lipinski definition) is 0. The van der Waals surface area contributed by atoms with E-state index in [9.17, 15) is 8.42 Å². The maximum atomic E-state index is 11.8. The van der Waals surface area contributed by atoms with Crippen LogP contribution in [-0.4, -0.2) is 70.0 Å². The molecule has 1 aliphatic heterocycles. The number of fused-ring (bicyclic) bond motifs is 1. The van der Waals surface area contributed by atoms with Gasteiger partial charge in [-0.1, -0.05) is 37.6 Å². The number of rotatable bonds is 6. The summed E-state index contributed by atoms with van der Waals surface area (Å²) < 4.78 is 33.9. The zero-order valence-electron chi connectivity index (χ0n) is 19.6. The van der Waals surface area contributed by atoms with Gasteiger partial charge in [-0.05, 0) is 39.5 Å². The molecule has 0 unspecified atom stereocenters. The second kappa shape index (κ2) is 9.69. The van der Waals surface area contributed by atoms with Crippen molar-refractivity contribution in [3.05, 3.63) is 39.5 Å². The average Bonchev–Trinajstić information content (AvgIpc) is 3.13. The molecule has 34 heavy (non-hydrogen) atoms. The number of nitrogens with zero attached hydrogens (tertiary/aromatic N) is 6. The fourth-order valence-corrected chi connectivity index (χ4v) is 5.37. The molecule has 0 saturated carbocycles. The summed E-state index contributed by atoms with van der Waals surface area (Å²) in [5.74, 6) is 1.02. The molecule has 3 heterocycles. The van der Waals surface area contributed by atoms with Crippen LogP contribution >= 0.6 is 27.5 Å². The molecule has 1 aliphatic rings. The molecule has 1 saturated heterocycles. The second-order valence-electron chi connectivity index (χ2n) is 9.71. The smallest absolute Gasteiger partial charge is 0.223 e. The van der Waals surface area contributed by atoms with Crippen molar-refractivity contribution in [3.63, 3.8) is 0 Å². The highest BCUT2D eigenvalue weighted by Crippen LogP contribution is 2.36. The first kappa shape index (κ1) is 25.3. The summed E-state index contributed by atoms with van der Waals surface area (Å²) in [5, 5.41) is 9.17. The van der Waals surface area contributed by atoms with E-state index < -0.39 is 10.0 Å². The van der Waals surface area contributed by atoms with Crippen molar-refractivity contribution in [1.82, 2.24) is 29.2 Å². The summed E-state index contributed by atoms with van der Waals surface area (Å²) in [6, 6.07) is 5.65. The predicted octanol–water partition coefficient (Wildman–Crippen LogP) is 4.16. The van der Waals surface area contributed by atoms with Gasteiger partial charge in [0, 0.05) is 51.0 Å². The SMILES string of the molecule is CC(C)(C)Cn1nnc2c(Br)c(Oc3ncc(Cl)cc3CN3CCN(S(C)(=O)=O)CC3)ccc21. The average molecular weight is 572 g/mol. The Bertz CT molecular complexity index is 1300. The van der Waals surface area contributed by atoms with Crippen molar-refractivity contribution in [2.24, 2.45) is 5.41 Å². The highest BCUT2D eigenvalue weighted by Gasteiger charge is 2.25. The van der Waals surface area contributed by atoms with Crippen LogP contribution in [0, 0.1) is 5.41 Å². The molecule has 9 nitrogen and oxygen atoms in total. The van der Waals surface area contributed by atoms with E-state index in [0.29, 0.717) is 59.4 Å². The molecular formula is C22H28BrClN6O3S. The molecule has 1 fully saturated rings. The minimum Gasteiger partial charge on any atom is -0.437 e. The Balaban J connectivity index is 1.55. The number of hydrogen-bond acceptors (Lipinski definition) is 7. The van der Waals surface area contributed by atoms with Crippen LogP contribution in [0.15, 0.2) is 28.9 Å². The number of halogens is 2. The molecule has 0 bridgehead atoms. The van der Waals surface area contributed by atoms with Gasteiger partial charge in [-0.3, -0.25) is 4.90 Å². The third-order valence-electron chi connectivity index (χ3n) is 5.51. The lowest BCUT2D eigenvalue weighted by molar-refractivity contribution is 0.180. The Morgan fingerprint density at radius 3 is 2.53 bits per heavy atom. The number of sulfonamides is 1. The van der Waals surface area contributed by atoms with E-state index in [4.69, 9.17) is 16.3 Å². The lowest BCUT2D eigenvalue weighted by Crippen LogP contribution is -2.47. The quantitative estimate of drug-likeness (QED) is 0.439. The highest BCUT2D eigenvalue weighted by molar-refractivity contribution is 9.10. The highest BCUT2D eigenvalue weighted by atomic mass is 79.9. The van der Waals surface area contributed by atoms with E-state index in [-0.39, 0.29) is 5.41 Å². The topological polar surface area (TPSA) is 93.4 Å². The van der Waals surface area contributed by atoms with Crippen molar-refractivity contribution in [3.8, 4) is 11.6 Å². The zero-order valence-corrected chi connectivity index (χ0v) is 22.8. The third kappa shape index (κ3) is 5.88. The number of pyridine rings is 1. The van der Waals surface area contributed by atoms with E-state index >= 15 is 0 Å². The van der Waals surface area contributed by atoms with Gasteiger partial charge >= 0.3 is 0 Å².